The molecule has 2 heterocycles. The molecule has 118 valence electrons. The summed E-state index contributed by atoms with van der Waals surface area (Å²) >= 11 is 1.56. The summed E-state index contributed by atoms with van der Waals surface area (Å²) in [5.41, 5.74) is 6.09. The van der Waals surface area contributed by atoms with Gasteiger partial charge in [-0.3, -0.25) is 4.57 Å². The fourth-order valence-corrected chi connectivity index (χ4v) is 4.29. The van der Waals surface area contributed by atoms with Gasteiger partial charge in [0, 0.05) is 30.7 Å². The van der Waals surface area contributed by atoms with Crippen LogP contribution in [0.1, 0.15) is 32.6 Å². The van der Waals surface area contributed by atoms with Crippen LogP contribution in [0.3, 0.4) is 0 Å². The Bertz CT molecular complexity index is 538. The highest BCUT2D eigenvalue weighted by Gasteiger charge is 2.44. The van der Waals surface area contributed by atoms with Crippen molar-refractivity contribution in [3.05, 3.63) is 10.5 Å². The summed E-state index contributed by atoms with van der Waals surface area (Å²) in [6, 6.07) is 0.0651. The minimum absolute atomic E-state index is 0.0651. The lowest BCUT2D eigenvalue weighted by Gasteiger charge is -2.39. The van der Waals surface area contributed by atoms with E-state index in [1.807, 2.05) is 6.92 Å². The predicted molar refractivity (Wildman–Crippen MR) is 79.2 cm³/mol. The van der Waals surface area contributed by atoms with E-state index in [2.05, 4.69) is 10.2 Å². The molecule has 1 saturated heterocycles. The summed E-state index contributed by atoms with van der Waals surface area (Å²) < 4.78 is 13.3. The van der Waals surface area contributed by atoms with E-state index in [1.165, 1.54) is 0 Å². The average Bonchev–Trinajstić information content (AvgIpc) is 3.05. The van der Waals surface area contributed by atoms with E-state index in [4.69, 9.17) is 15.2 Å². The number of nitrogens with zero attached hydrogens (tertiary/aromatic N) is 2. The van der Waals surface area contributed by atoms with Crippen LogP contribution in [0.15, 0.2) is 9.95 Å². The molecule has 0 radical (unpaired) electrons. The third kappa shape index (κ3) is 3.03. The molecule has 3 rings (SSSR count). The summed E-state index contributed by atoms with van der Waals surface area (Å²) in [6.07, 6.45) is 3.33. The maximum Gasteiger partial charge on any atom is 0.343 e. The Balaban J connectivity index is 1.75. The molecule has 1 spiro atoms. The van der Waals surface area contributed by atoms with E-state index in [0.717, 1.165) is 25.7 Å². The molecule has 2 atom stereocenters. The first kappa shape index (κ1) is 15.1. The first-order valence-corrected chi connectivity index (χ1v) is 8.37. The average molecular weight is 314 g/mol. The molecule has 1 aliphatic carbocycles. The number of hydrogen-bond donors (Lipinski definition) is 2. The van der Waals surface area contributed by atoms with Gasteiger partial charge in [-0.05, 0) is 12.8 Å². The van der Waals surface area contributed by atoms with E-state index < -0.39 is 5.79 Å². The zero-order chi connectivity index (χ0) is 14.9. The van der Waals surface area contributed by atoms with E-state index in [9.17, 15) is 4.79 Å². The number of thioether (sulfide) groups is 1. The van der Waals surface area contributed by atoms with Crippen LogP contribution < -0.4 is 11.4 Å². The van der Waals surface area contributed by atoms with Crippen LogP contribution in [0.4, 0.5) is 0 Å². The fourth-order valence-electron chi connectivity index (χ4n) is 2.97. The molecular weight excluding hydrogens is 292 g/mol. The van der Waals surface area contributed by atoms with Crippen LogP contribution in [0.5, 0.6) is 0 Å². The van der Waals surface area contributed by atoms with Crippen LogP contribution in [-0.4, -0.2) is 45.1 Å². The zero-order valence-corrected chi connectivity index (χ0v) is 13.0. The SMILES string of the molecule is CCCn1c(SC2CC3(CCC2N)OCCO3)n[nH]c1=O. The molecule has 0 aromatic carbocycles. The van der Waals surface area contributed by atoms with Crippen LogP contribution in [0, 0.1) is 0 Å². The Morgan fingerprint density at radius 3 is 3.00 bits per heavy atom. The summed E-state index contributed by atoms with van der Waals surface area (Å²) in [5, 5.41) is 7.50. The molecule has 1 saturated carbocycles. The lowest BCUT2D eigenvalue weighted by atomic mass is 9.90. The van der Waals surface area contributed by atoms with Crippen molar-refractivity contribution >= 4 is 11.8 Å². The van der Waals surface area contributed by atoms with Gasteiger partial charge in [0.25, 0.3) is 0 Å². The Labute approximate surface area is 127 Å². The Morgan fingerprint density at radius 1 is 1.52 bits per heavy atom. The quantitative estimate of drug-likeness (QED) is 0.849. The number of rotatable bonds is 4. The molecule has 3 N–H and O–H groups in total. The highest BCUT2D eigenvalue weighted by Crippen LogP contribution is 2.41. The minimum Gasteiger partial charge on any atom is -0.347 e. The zero-order valence-electron chi connectivity index (χ0n) is 12.2. The molecule has 21 heavy (non-hydrogen) atoms. The van der Waals surface area contributed by atoms with Crippen molar-refractivity contribution in [1.29, 1.82) is 0 Å². The van der Waals surface area contributed by atoms with E-state index >= 15 is 0 Å². The van der Waals surface area contributed by atoms with Crippen LogP contribution in [0.2, 0.25) is 0 Å². The van der Waals surface area contributed by atoms with Gasteiger partial charge in [0.2, 0.25) is 0 Å². The summed E-state index contributed by atoms with van der Waals surface area (Å²) in [7, 11) is 0. The molecule has 2 unspecified atom stereocenters. The monoisotopic (exact) mass is 314 g/mol. The van der Waals surface area contributed by atoms with Crippen LogP contribution in [-0.2, 0) is 16.0 Å². The molecule has 0 amide bonds. The Hall–Kier alpha value is -0.830. The lowest BCUT2D eigenvalue weighted by Crippen LogP contribution is -2.47. The third-order valence-corrected chi connectivity index (χ3v) is 5.43. The van der Waals surface area contributed by atoms with Gasteiger partial charge < -0.3 is 15.2 Å². The van der Waals surface area contributed by atoms with Crippen molar-refractivity contribution in [2.45, 2.75) is 61.4 Å². The Morgan fingerprint density at radius 2 is 2.29 bits per heavy atom. The number of nitrogens with two attached hydrogens (primary N) is 1. The van der Waals surface area contributed by atoms with Crippen molar-refractivity contribution in [1.82, 2.24) is 14.8 Å². The fraction of sp³-hybridized carbons (Fsp3) is 0.846. The highest BCUT2D eigenvalue weighted by molar-refractivity contribution is 7.99. The van der Waals surface area contributed by atoms with Gasteiger partial charge >= 0.3 is 5.69 Å². The molecule has 1 aromatic heterocycles. The highest BCUT2D eigenvalue weighted by atomic mass is 32.2. The maximum atomic E-state index is 11.8. The second-order valence-corrected chi connectivity index (χ2v) is 6.84. The van der Waals surface area contributed by atoms with Gasteiger partial charge in [0.15, 0.2) is 10.9 Å². The second-order valence-electron chi connectivity index (χ2n) is 5.63. The van der Waals surface area contributed by atoms with E-state index in [0.29, 0.717) is 24.9 Å². The van der Waals surface area contributed by atoms with Crippen LogP contribution >= 0.6 is 11.8 Å². The first-order valence-electron chi connectivity index (χ1n) is 7.49. The lowest BCUT2D eigenvalue weighted by molar-refractivity contribution is -0.176. The normalized spacial score (nSPS) is 28.3. The number of nitrogens with one attached hydrogen (secondary N) is 1. The van der Waals surface area contributed by atoms with Gasteiger partial charge in [-0.25, -0.2) is 9.89 Å². The largest absolute Gasteiger partial charge is 0.347 e. The minimum atomic E-state index is -0.472. The molecule has 0 bridgehead atoms. The van der Waals surface area contributed by atoms with Gasteiger partial charge in [-0.1, -0.05) is 18.7 Å². The first-order chi connectivity index (χ1) is 10.1. The van der Waals surface area contributed by atoms with Crippen LogP contribution in [0.25, 0.3) is 0 Å². The van der Waals surface area contributed by atoms with E-state index in [-0.39, 0.29) is 17.0 Å². The molecular formula is C13H22N4O3S. The summed E-state index contributed by atoms with van der Waals surface area (Å²) in [6.45, 7) is 4.00. The molecule has 7 nitrogen and oxygen atoms in total. The smallest absolute Gasteiger partial charge is 0.343 e. The number of ether oxygens (including phenoxy) is 2. The summed E-state index contributed by atoms with van der Waals surface area (Å²) in [5.74, 6) is -0.472. The predicted octanol–water partition coefficient (Wildman–Crippen LogP) is 0.696. The van der Waals surface area contributed by atoms with Crippen molar-refractivity contribution in [3.8, 4) is 0 Å². The summed E-state index contributed by atoms with van der Waals surface area (Å²) in [4.78, 5) is 11.8. The topological polar surface area (TPSA) is 95.2 Å². The number of aromatic amines is 1. The van der Waals surface area contributed by atoms with Crippen molar-refractivity contribution in [2.75, 3.05) is 13.2 Å². The molecule has 2 fully saturated rings. The standard InChI is InChI=1S/C13H22N4O3S/c1-2-5-17-11(18)15-16-12(17)21-10-8-13(4-3-9(10)14)19-6-7-20-13/h9-10H,2-8,14H2,1H3,(H,15,18). The molecule has 2 aliphatic rings. The number of hydrogen-bond acceptors (Lipinski definition) is 6. The van der Waals surface area contributed by atoms with Gasteiger partial charge in [0.1, 0.15) is 0 Å². The maximum absolute atomic E-state index is 11.8. The second kappa shape index (κ2) is 6.12. The van der Waals surface area contributed by atoms with Crippen molar-refractivity contribution in [2.24, 2.45) is 5.73 Å². The molecule has 8 heteroatoms. The third-order valence-electron chi connectivity index (χ3n) is 4.09. The van der Waals surface area contributed by atoms with Gasteiger partial charge in [0.05, 0.1) is 13.2 Å². The van der Waals surface area contributed by atoms with E-state index in [1.54, 1.807) is 16.3 Å². The van der Waals surface area contributed by atoms with Crippen molar-refractivity contribution < 1.29 is 9.47 Å². The van der Waals surface area contributed by atoms with Crippen molar-refractivity contribution in [3.63, 3.8) is 0 Å². The molecule has 1 aromatic rings. The Kier molecular flexibility index (Phi) is 4.39. The van der Waals surface area contributed by atoms with Gasteiger partial charge in [-0.15, -0.1) is 5.10 Å². The molecule has 1 aliphatic heterocycles. The number of aromatic nitrogens is 3. The number of H-pyrrole nitrogens is 1. The van der Waals surface area contributed by atoms with Gasteiger partial charge in [-0.2, -0.15) is 0 Å².